The number of hydrogen-bond acceptors (Lipinski definition) is 3. The maximum Gasteiger partial charge on any atom is 0.416 e. The van der Waals surface area contributed by atoms with Gasteiger partial charge in [-0.05, 0) is 66.2 Å². The van der Waals surface area contributed by atoms with Gasteiger partial charge in [-0.1, -0.05) is 72.8 Å². The lowest BCUT2D eigenvalue weighted by Crippen LogP contribution is -2.04. The summed E-state index contributed by atoms with van der Waals surface area (Å²) in [7, 11) is 0. The molecule has 0 spiro atoms. The van der Waals surface area contributed by atoms with E-state index in [0.717, 1.165) is 12.1 Å². The van der Waals surface area contributed by atoms with Gasteiger partial charge in [-0.15, -0.1) is 0 Å². The summed E-state index contributed by atoms with van der Waals surface area (Å²) in [5.74, 6) is -0.301. The summed E-state index contributed by atoms with van der Waals surface area (Å²) in [4.78, 5) is 40.4. The van der Waals surface area contributed by atoms with Gasteiger partial charge in [0.25, 0.3) is 0 Å². The molecule has 1 aliphatic rings. The van der Waals surface area contributed by atoms with Crippen molar-refractivity contribution in [2.24, 2.45) is 4.99 Å². The number of rotatable bonds is 8. The monoisotopic (exact) mass is 626 g/mol. The van der Waals surface area contributed by atoms with Crippen molar-refractivity contribution in [3.63, 3.8) is 0 Å². The van der Waals surface area contributed by atoms with Crippen LogP contribution in [0.15, 0.2) is 144 Å². The van der Waals surface area contributed by atoms with Crippen LogP contribution in [-0.4, -0.2) is 32.2 Å². The quantitative estimate of drug-likeness (QED) is 0.148. The highest BCUT2D eigenvalue weighted by Crippen LogP contribution is 2.35. The zero-order chi connectivity index (χ0) is 32.5. The Balaban J connectivity index is 1.24. The highest BCUT2D eigenvalue weighted by atomic mass is 19.4. The van der Waals surface area contributed by atoms with Crippen LogP contribution >= 0.6 is 0 Å². The van der Waals surface area contributed by atoms with Crippen LogP contribution < -0.4 is 0 Å². The number of carbonyl (C=O) groups is 2. The Morgan fingerprint density at radius 2 is 1.00 bits per heavy atom. The Morgan fingerprint density at radius 1 is 0.511 bits per heavy atom. The number of allylic oxidation sites excluding steroid dienone is 2. The maximum atomic E-state index is 13.4. The van der Waals surface area contributed by atoms with Gasteiger partial charge in [0.2, 0.25) is 11.6 Å². The molecule has 47 heavy (non-hydrogen) atoms. The summed E-state index contributed by atoms with van der Waals surface area (Å²) in [6.45, 7) is 0. The number of alkyl halides is 3. The first-order valence-corrected chi connectivity index (χ1v) is 14.7. The van der Waals surface area contributed by atoms with E-state index in [1.807, 2.05) is 24.3 Å². The topological polar surface area (TPSA) is 93.9 Å². The first kappa shape index (κ1) is 29.5. The third kappa shape index (κ3) is 5.94. The molecule has 1 aliphatic heterocycles. The van der Waals surface area contributed by atoms with E-state index in [1.54, 1.807) is 84.9 Å². The molecule has 3 aromatic heterocycles. The Morgan fingerprint density at radius 3 is 1.55 bits per heavy atom. The minimum Gasteiger partial charge on any atom is -0.353 e. The second kappa shape index (κ2) is 11.9. The highest BCUT2D eigenvalue weighted by molar-refractivity contribution is 6.13. The molecular formula is C38H25F3N4O2. The van der Waals surface area contributed by atoms with Gasteiger partial charge in [0.15, 0.2) is 0 Å². The van der Waals surface area contributed by atoms with Crippen LogP contribution in [0.4, 0.5) is 13.2 Å². The molecule has 0 amide bonds. The van der Waals surface area contributed by atoms with Gasteiger partial charge in [-0.3, -0.25) is 9.59 Å². The van der Waals surface area contributed by atoms with Crippen LogP contribution in [0, 0.1) is 0 Å². The number of aromatic amines is 3. The van der Waals surface area contributed by atoms with Gasteiger partial charge >= 0.3 is 6.18 Å². The van der Waals surface area contributed by atoms with Crippen LogP contribution in [0.3, 0.4) is 0 Å². The number of aromatic nitrogens is 3. The molecule has 3 N–H and O–H groups in total. The lowest BCUT2D eigenvalue weighted by atomic mass is 9.99. The highest BCUT2D eigenvalue weighted by Gasteiger charge is 2.30. The molecule has 6 nitrogen and oxygen atoms in total. The molecule has 0 fully saturated rings. The minimum atomic E-state index is -4.48. The molecule has 9 heteroatoms. The van der Waals surface area contributed by atoms with E-state index in [2.05, 4.69) is 15.0 Å². The lowest BCUT2D eigenvalue weighted by molar-refractivity contribution is -0.137. The minimum absolute atomic E-state index is 0.146. The number of H-pyrrole nitrogens is 3. The summed E-state index contributed by atoms with van der Waals surface area (Å²) in [5.41, 5.74) is 5.95. The van der Waals surface area contributed by atoms with Gasteiger partial charge in [0.05, 0.1) is 45.4 Å². The van der Waals surface area contributed by atoms with Crippen LogP contribution in [0.1, 0.15) is 54.6 Å². The lowest BCUT2D eigenvalue weighted by Gasteiger charge is -2.11. The Kier molecular flexibility index (Phi) is 7.49. The number of carbonyl (C=O) groups excluding carboxylic acids is 2. The van der Waals surface area contributed by atoms with E-state index < -0.39 is 11.7 Å². The van der Waals surface area contributed by atoms with E-state index in [4.69, 9.17) is 4.99 Å². The molecule has 0 radical (unpaired) electrons. The van der Waals surface area contributed by atoms with Gasteiger partial charge in [0.1, 0.15) is 0 Å². The largest absolute Gasteiger partial charge is 0.416 e. The Hall–Kier alpha value is -6.22. The maximum absolute atomic E-state index is 13.4. The zero-order valence-corrected chi connectivity index (χ0v) is 24.6. The fourth-order valence-electron chi connectivity index (χ4n) is 5.47. The second-order valence-corrected chi connectivity index (χ2v) is 10.9. The van der Waals surface area contributed by atoms with Crippen LogP contribution in [-0.2, 0) is 6.18 Å². The number of benzene rings is 3. The molecule has 4 heterocycles. The standard InChI is InChI=1S/C38H25F3N4O2/c39-38(40,41)26-13-11-23(12-14-26)35(31-19-15-27(42-31)29-17-21-33(44-29)36(46)24-7-3-1-4-8-24)32-20-16-28(43-32)30-18-22-34(45-30)37(47)25-9-5-2-6-10-25/h1-22,42,44-45H/b35-32-. The number of halogens is 3. The van der Waals surface area contributed by atoms with Crippen LogP contribution in [0.2, 0.25) is 0 Å². The third-order valence-electron chi connectivity index (χ3n) is 7.85. The predicted octanol–water partition coefficient (Wildman–Crippen LogP) is 8.64. The normalized spacial score (nSPS) is 13.9. The van der Waals surface area contributed by atoms with Crippen molar-refractivity contribution in [2.75, 3.05) is 0 Å². The van der Waals surface area contributed by atoms with Gasteiger partial charge in [-0.25, -0.2) is 4.99 Å². The molecule has 230 valence electrons. The molecule has 0 atom stereocenters. The van der Waals surface area contributed by atoms with Crippen LogP contribution in [0.5, 0.6) is 0 Å². The number of nitrogens with one attached hydrogen (secondary N) is 3. The van der Waals surface area contributed by atoms with Crippen molar-refractivity contribution < 1.29 is 22.8 Å². The van der Waals surface area contributed by atoms with Crippen molar-refractivity contribution in [1.29, 1.82) is 0 Å². The third-order valence-corrected chi connectivity index (χ3v) is 7.85. The van der Waals surface area contributed by atoms with Gasteiger partial charge < -0.3 is 15.0 Å². The summed E-state index contributed by atoms with van der Waals surface area (Å²) in [5, 5.41) is 0. The number of nitrogens with zero attached hydrogens (tertiary/aromatic N) is 1. The summed E-state index contributed by atoms with van der Waals surface area (Å²) >= 11 is 0. The predicted molar refractivity (Wildman–Crippen MR) is 174 cm³/mol. The molecule has 0 aliphatic carbocycles. The molecule has 0 unspecified atom stereocenters. The second-order valence-electron chi connectivity index (χ2n) is 10.9. The molecular weight excluding hydrogens is 601 g/mol. The van der Waals surface area contributed by atoms with Crippen LogP contribution in [0.25, 0.3) is 17.0 Å². The van der Waals surface area contributed by atoms with E-state index in [0.29, 0.717) is 67.8 Å². The molecule has 3 aromatic carbocycles. The SMILES string of the molecule is O=C(c1ccccc1)c1ccc(C2=N/C(=C(/c3ccc(C(F)(F)F)cc3)c3ccc(-c4ccc(C(=O)c5ccccc5)[nH]4)[nH]3)C=C2)[nH]1. The molecule has 7 rings (SSSR count). The average molecular weight is 627 g/mol. The number of hydrogen-bond donors (Lipinski definition) is 3. The van der Waals surface area contributed by atoms with Gasteiger partial charge in [-0.2, -0.15) is 13.2 Å². The van der Waals surface area contributed by atoms with Gasteiger partial charge in [0, 0.05) is 22.4 Å². The van der Waals surface area contributed by atoms with E-state index in [-0.39, 0.29) is 11.6 Å². The van der Waals surface area contributed by atoms with Crippen molar-refractivity contribution in [3.05, 3.63) is 184 Å². The van der Waals surface area contributed by atoms with Crippen molar-refractivity contribution in [2.45, 2.75) is 6.18 Å². The smallest absolute Gasteiger partial charge is 0.353 e. The molecule has 0 saturated heterocycles. The Labute approximate surface area is 267 Å². The summed E-state index contributed by atoms with van der Waals surface area (Å²) < 4.78 is 40.2. The molecule has 6 aromatic rings. The Bertz CT molecular complexity index is 2200. The summed E-state index contributed by atoms with van der Waals surface area (Å²) in [6.07, 6.45) is -0.902. The van der Waals surface area contributed by atoms with Crippen molar-refractivity contribution in [3.8, 4) is 11.4 Å². The zero-order valence-electron chi connectivity index (χ0n) is 24.6. The summed E-state index contributed by atoms with van der Waals surface area (Å²) in [6, 6.07) is 33.4. The fourth-order valence-corrected chi connectivity index (χ4v) is 5.47. The number of ketones is 2. The molecule has 0 saturated carbocycles. The molecule has 0 bridgehead atoms. The van der Waals surface area contributed by atoms with Crippen molar-refractivity contribution in [1.82, 2.24) is 15.0 Å². The van der Waals surface area contributed by atoms with E-state index in [1.165, 1.54) is 12.1 Å². The first-order chi connectivity index (χ1) is 22.7. The average Bonchev–Trinajstić information content (AvgIpc) is 3.92. The first-order valence-electron chi connectivity index (χ1n) is 14.7. The van der Waals surface area contributed by atoms with E-state index >= 15 is 0 Å². The fraction of sp³-hybridized carbons (Fsp3) is 0.0263. The van der Waals surface area contributed by atoms with E-state index in [9.17, 15) is 22.8 Å². The van der Waals surface area contributed by atoms with Crippen molar-refractivity contribution >= 4 is 22.9 Å². The number of aliphatic imine (C=N–C) groups is 1.